The van der Waals surface area contributed by atoms with Gasteiger partial charge in [0.1, 0.15) is 35.3 Å². The van der Waals surface area contributed by atoms with Crippen molar-refractivity contribution < 1.29 is 9.47 Å². The van der Waals surface area contributed by atoms with Crippen LogP contribution in [0.3, 0.4) is 0 Å². The van der Waals surface area contributed by atoms with Crippen molar-refractivity contribution in [1.29, 1.82) is 0 Å². The zero-order valence-electron chi connectivity index (χ0n) is 15.7. The monoisotopic (exact) mass is 375 g/mol. The van der Waals surface area contributed by atoms with Crippen LogP contribution in [0.4, 0.5) is 5.82 Å². The van der Waals surface area contributed by atoms with E-state index in [0.29, 0.717) is 13.2 Å². The zero-order valence-corrected chi connectivity index (χ0v) is 15.7. The van der Waals surface area contributed by atoms with Gasteiger partial charge in [-0.3, -0.25) is 5.10 Å². The van der Waals surface area contributed by atoms with Crippen molar-refractivity contribution in [2.24, 2.45) is 0 Å². The number of terminal acetylenes is 1. The van der Waals surface area contributed by atoms with Gasteiger partial charge in [0.15, 0.2) is 0 Å². The third kappa shape index (κ3) is 3.16. The molecule has 1 saturated carbocycles. The molecule has 1 saturated heterocycles. The van der Waals surface area contributed by atoms with E-state index in [0.717, 1.165) is 53.2 Å². The molecule has 0 unspecified atom stereocenters. The first-order chi connectivity index (χ1) is 13.6. The van der Waals surface area contributed by atoms with E-state index >= 15 is 0 Å². The van der Waals surface area contributed by atoms with Gasteiger partial charge in [0.05, 0.1) is 24.4 Å². The molecule has 0 radical (unpaired) electrons. The molecular formula is C21H21N5O2. The summed E-state index contributed by atoms with van der Waals surface area (Å²) in [5, 5.41) is 8.55. The van der Waals surface area contributed by atoms with Gasteiger partial charge in [-0.2, -0.15) is 5.10 Å². The summed E-state index contributed by atoms with van der Waals surface area (Å²) in [4.78, 5) is 11.0. The average Bonchev–Trinajstić information content (AvgIpc) is 3.30. The van der Waals surface area contributed by atoms with Crippen LogP contribution < -0.4 is 9.64 Å². The lowest BCUT2D eigenvalue weighted by Gasteiger charge is -2.31. The van der Waals surface area contributed by atoms with E-state index in [1.807, 2.05) is 24.3 Å². The van der Waals surface area contributed by atoms with E-state index in [1.54, 1.807) is 6.33 Å². The van der Waals surface area contributed by atoms with Crippen molar-refractivity contribution in [2.75, 3.05) is 24.6 Å². The summed E-state index contributed by atoms with van der Waals surface area (Å²) in [5.74, 6) is 4.34. The number of nitrogens with zero attached hydrogens (tertiary/aromatic N) is 4. The number of fused-ring (bicyclic) bond motifs is 1. The molecule has 28 heavy (non-hydrogen) atoms. The molecule has 2 aliphatic rings. The third-order valence-electron chi connectivity index (χ3n) is 5.32. The third-order valence-corrected chi connectivity index (χ3v) is 5.32. The maximum absolute atomic E-state index is 6.11. The zero-order chi connectivity index (χ0) is 19.1. The maximum atomic E-state index is 6.11. The highest BCUT2D eigenvalue weighted by atomic mass is 16.5. The van der Waals surface area contributed by atoms with Crippen molar-refractivity contribution in [1.82, 2.24) is 20.2 Å². The van der Waals surface area contributed by atoms with Crippen LogP contribution in [-0.2, 0) is 4.74 Å². The molecule has 2 aromatic heterocycles. The van der Waals surface area contributed by atoms with E-state index < -0.39 is 0 Å². The number of aromatic amines is 1. The fourth-order valence-electron chi connectivity index (χ4n) is 3.42. The van der Waals surface area contributed by atoms with Crippen LogP contribution in [0.2, 0.25) is 0 Å². The normalized spacial score (nSPS) is 20.7. The number of nitrogens with one attached hydrogen (secondary N) is 1. The second-order valence-corrected chi connectivity index (χ2v) is 7.57. The Balaban J connectivity index is 1.48. The summed E-state index contributed by atoms with van der Waals surface area (Å²) >= 11 is 0. The Morgan fingerprint density at radius 1 is 1.32 bits per heavy atom. The lowest BCUT2D eigenvalue weighted by Crippen LogP contribution is -2.42. The molecule has 1 N–H and O–H groups in total. The van der Waals surface area contributed by atoms with Crippen LogP contribution in [0, 0.1) is 12.3 Å². The highest BCUT2D eigenvalue weighted by Crippen LogP contribution is 2.40. The average molecular weight is 375 g/mol. The van der Waals surface area contributed by atoms with E-state index in [-0.39, 0.29) is 11.7 Å². The molecule has 7 heteroatoms. The van der Waals surface area contributed by atoms with Gasteiger partial charge in [-0.25, -0.2) is 9.97 Å². The van der Waals surface area contributed by atoms with E-state index in [9.17, 15) is 0 Å². The predicted molar refractivity (Wildman–Crippen MR) is 106 cm³/mol. The van der Waals surface area contributed by atoms with Gasteiger partial charge in [0.25, 0.3) is 0 Å². The molecule has 0 spiro atoms. The van der Waals surface area contributed by atoms with Crippen LogP contribution >= 0.6 is 0 Å². The summed E-state index contributed by atoms with van der Waals surface area (Å²) in [6.45, 7) is 4.08. The first-order valence-electron chi connectivity index (χ1n) is 9.46. The van der Waals surface area contributed by atoms with Gasteiger partial charge in [-0.05, 0) is 38.0 Å². The Morgan fingerprint density at radius 2 is 2.21 bits per heavy atom. The number of rotatable bonds is 4. The largest absolute Gasteiger partial charge is 0.488 e. The van der Waals surface area contributed by atoms with Crippen molar-refractivity contribution in [3.05, 3.63) is 30.6 Å². The first-order valence-corrected chi connectivity index (χ1v) is 9.46. The molecule has 3 aromatic rings. The minimum Gasteiger partial charge on any atom is -0.488 e. The standard InChI is InChI=1S/C21H21N5O2/c1-3-14-12-26(8-9-27-14)19-11-18(22-13-23-19)20-16-10-15(28-21(2)6-7-21)4-5-17(16)24-25-20/h1,4-5,10-11,13-14H,6-9,12H2,2H3,(H,24,25)/t14-/m1/s1. The van der Waals surface area contributed by atoms with Crippen LogP contribution in [0.25, 0.3) is 22.3 Å². The van der Waals surface area contributed by atoms with E-state index in [2.05, 4.69) is 37.9 Å². The quantitative estimate of drug-likeness (QED) is 0.707. The number of hydrogen-bond donors (Lipinski definition) is 1. The molecule has 1 atom stereocenters. The van der Waals surface area contributed by atoms with Crippen molar-refractivity contribution in [3.8, 4) is 29.5 Å². The summed E-state index contributed by atoms with van der Waals surface area (Å²) < 4.78 is 11.7. The van der Waals surface area contributed by atoms with Gasteiger partial charge >= 0.3 is 0 Å². The molecule has 1 aliphatic carbocycles. The molecule has 0 amide bonds. The minimum absolute atomic E-state index is 0.0242. The SMILES string of the molecule is C#C[C@@H]1CN(c2cc(-c3n[nH]c4ccc(OC5(C)CC5)cc34)ncn2)CCO1. The molecule has 5 rings (SSSR count). The van der Waals surface area contributed by atoms with Gasteiger partial charge < -0.3 is 14.4 Å². The van der Waals surface area contributed by atoms with Gasteiger partial charge in [0, 0.05) is 18.0 Å². The van der Waals surface area contributed by atoms with Gasteiger partial charge in [-0.1, -0.05) is 5.92 Å². The Kier molecular flexibility index (Phi) is 3.95. The van der Waals surface area contributed by atoms with Crippen LogP contribution in [-0.4, -0.2) is 51.6 Å². The first kappa shape index (κ1) is 17.0. The summed E-state index contributed by atoms with van der Waals surface area (Å²) in [6, 6.07) is 7.95. The number of ether oxygens (including phenoxy) is 2. The molecular weight excluding hydrogens is 354 g/mol. The number of benzene rings is 1. The Bertz CT molecular complexity index is 1070. The fraction of sp³-hybridized carbons (Fsp3) is 0.381. The number of morpholine rings is 1. The summed E-state index contributed by atoms with van der Waals surface area (Å²) in [6.07, 6.45) is 9.05. The van der Waals surface area contributed by atoms with E-state index in [4.69, 9.17) is 15.9 Å². The minimum atomic E-state index is -0.220. The molecule has 1 aromatic carbocycles. The Morgan fingerprint density at radius 3 is 3.04 bits per heavy atom. The Hall–Kier alpha value is -3.11. The van der Waals surface area contributed by atoms with Crippen molar-refractivity contribution in [2.45, 2.75) is 31.5 Å². The van der Waals surface area contributed by atoms with E-state index in [1.165, 1.54) is 0 Å². The smallest absolute Gasteiger partial charge is 0.135 e. The lowest BCUT2D eigenvalue weighted by atomic mass is 10.1. The second-order valence-electron chi connectivity index (χ2n) is 7.57. The predicted octanol–water partition coefficient (Wildman–Crippen LogP) is 2.79. The maximum Gasteiger partial charge on any atom is 0.135 e. The number of aromatic nitrogens is 4. The van der Waals surface area contributed by atoms with Crippen LogP contribution in [0.5, 0.6) is 5.75 Å². The molecule has 1 aliphatic heterocycles. The fourth-order valence-corrected chi connectivity index (χ4v) is 3.42. The number of hydrogen-bond acceptors (Lipinski definition) is 6. The summed E-state index contributed by atoms with van der Waals surface area (Å²) in [5.41, 5.74) is 2.47. The highest BCUT2D eigenvalue weighted by molar-refractivity contribution is 5.93. The molecule has 3 heterocycles. The second kappa shape index (κ2) is 6.50. The van der Waals surface area contributed by atoms with Gasteiger partial charge in [0.2, 0.25) is 0 Å². The lowest BCUT2D eigenvalue weighted by molar-refractivity contribution is 0.0776. The van der Waals surface area contributed by atoms with Crippen LogP contribution in [0.1, 0.15) is 19.8 Å². The van der Waals surface area contributed by atoms with Crippen molar-refractivity contribution in [3.63, 3.8) is 0 Å². The van der Waals surface area contributed by atoms with Crippen molar-refractivity contribution >= 4 is 16.7 Å². The topological polar surface area (TPSA) is 76.2 Å². The number of anilines is 1. The Labute approximate surface area is 163 Å². The molecule has 7 nitrogen and oxygen atoms in total. The molecule has 142 valence electrons. The van der Waals surface area contributed by atoms with Gasteiger partial charge in [-0.15, -0.1) is 6.42 Å². The molecule has 0 bridgehead atoms. The van der Waals surface area contributed by atoms with Crippen LogP contribution in [0.15, 0.2) is 30.6 Å². The summed E-state index contributed by atoms with van der Waals surface area (Å²) in [7, 11) is 0. The molecule has 2 fully saturated rings. The number of H-pyrrole nitrogens is 1. The highest BCUT2D eigenvalue weighted by Gasteiger charge is 2.40.